The van der Waals surface area contributed by atoms with Gasteiger partial charge in [0.1, 0.15) is 11.5 Å². The van der Waals surface area contributed by atoms with Gasteiger partial charge < -0.3 is 9.73 Å². The van der Waals surface area contributed by atoms with Crippen LogP contribution >= 0.6 is 0 Å². The van der Waals surface area contributed by atoms with E-state index in [1.54, 1.807) is 0 Å². The first-order chi connectivity index (χ1) is 9.26. The highest BCUT2D eigenvalue weighted by Gasteiger charge is 2.12. The Morgan fingerprint density at radius 1 is 1.15 bits per heavy atom. The molecule has 0 aliphatic rings. The van der Waals surface area contributed by atoms with Gasteiger partial charge in [0.2, 0.25) is 0 Å². The van der Waals surface area contributed by atoms with Crippen LogP contribution in [0.1, 0.15) is 49.2 Å². The molecule has 0 saturated carbocycles. The molecule has 0 aliphatic heterocycles. The van der Waals surface area contributed by atoms with Crippen molar-refractivity contribution in [3.8, 4) is 0 Å². The van der Waals surface area contributed by atoms with Crippen LogP contribution in [-0.2, 0) is 13.1 Å². The summed E-state index contributed by atoms with van der Waals surface area (Å²) in [5, 5.41) is 7.96. The van der Waals surface area contributed by atoms with E-state index in [4.69, 9.17) is 4.42 Å². The van der Waals surface area contributed by atoms with Crippen molar-refractivity contribution in [1.29, 1.82) is 0 Å². The van der Waals surface area contributed by atoms with Crippen LogP contribution in [0.15, 0.2) is 16.5 Å². The van der Waals surface area contributed by atoms with E-state index in [-0.39, 0.29) is 5.54 Å². The summed E-state index contributed by atoms with van der Waals surface area (Å²) in [6.07, 6.45) is 0. The second kappa shape index (κ2) is 5.44. The molecule has 0 saturated heterocycles. The molecule has 2 rings (SSSR count). The Morgan fingerprint density at radius 2 is 1.80 bits per heavy atom. The summed E-state index contributed by atoms with van der Waals surface area (Å²) >= 11 is 0. The maximum Gasteiger partial charge on any atom is 0.125 e. The standard InChI is InChI=1S/C16H25N3O/c1-11-12(2)18-19(13(11)3)10-15-8-7-14(20-15)9-17-16(4,5)6/h7-8,17H,9-10H2,1-6H3. The van der Waals surface area contributed by atoms with Crippen molar-refractivity contribution in [2.75, 3.05) is 0 Å². The second-order valence-corrected chi connectivity index (χ2v) is 6.43. The molecule has 0 fully saturated rings. The van der Waals surface area contributed by atoms with Gasteiger partial charge in [-0.2, -0.15) is 5.10 Å². The average Bonchev–Trinajstić information content (AvgIpc) is 2.88. The maximum atomic E-state index is 5.86. The van der Waals surface area contributed by atoms with Crippen LogP contribution in [0.4, 0.5) is 0 Å². The molecule has 4 nitrogen and oxygen atoms in total. The summed E-state index contributed by atoms with van der Waals surface area (Å²) in [7, 11) is 0. The predicted molar refractivity (Wildman–Crippen MR) is 80.8 cm³/mol. The molecular formula is C16H25N3O. The molecule has 2 heterocycles. The Balaban J connectivity index is 2.04. The smallest absolute Gasteiger partial charge is 0.125 e. The summed E-state index contributed by atoms with van der Waals surface area (Å²) in [6, 6.07) is 4.07. The van der Waals surface area contributed by atoms with E-state index in [1.807, 2.05) is 23.7 Å². The van der Waals surface area contributed by atoms with Gasteiger partial charge in [-0.3, -0.25) is 4.68 Å². The third-order valence-electron chi connectivity index (χ3n) is 3.56. The van der Waals surface area contributed by atoms with Gasteiger partial charge in [0.15, 0.2) is 0 Å². The Hall–Kier alpha value is -1.55. The highest BCUT2D eigenvalue weighted by Crippen LogP contribution is 2.15. The molecule has 2 aromatic heterocycles. The van der Waals surface area contributed by atoms with Crippen molar-refractivity contribution in [3.05, 3.63) is 40.6 Å². The van der Waals surface area contributed by atoms with Crippen LogP contribution in [0, 0.1) is 20.8 Å². The van der Waals surface area contributed by atoms with Crippen molar-refractivity contribution in [1.82, 2.24) is 15.1 Å². The number of nitrogens with one attached hydrogen (secondary N) is 1. The van der Waals surface area contributed by atoms with Crippen molar-refractivity contribution in [2.24, 2.45) is 0 Å². The van der Waals surface area contributed by atoms with E-state index in [0.717, 1.165) is 23.8 Å². The van der Waals surface area contributed by atoms with Crippen molar-refractivity contribution >= 4 is 0 Å². The van der Waals surface area contributed by atoms with Crippen LogP contribution in [0.2, 0.25) is 0 Å². The lowest BCUT2D eigenvalue weighted by molar-refractivity contribution is 0.374. The monoisotopic (exact) mass is 275 g/mol. The molecule has 2 aromatic rings. The normalized spacial score (nSPS) is 12.1. The van der Waals surface area contributed by atoms with Gasteiger partial charge in [0, 0.05) is 11.2 Å². The number of hydrogen-bond donors (Lipinski definition) is 1. The van der Waals surface area contributed by atoms with Crippen LogP contribution in [-0.4, -0.2) is 15.3 Å². The lowest BCUT2D eigenvalue weighted by Gasteiger charge is -2.19. The minimum Gasteiger partial charge on any atom is -0.463 e. The van der Waals surface area contributed by atoms with E-state index in [2.05, 4.69) is 45.0 Å². The minimum absolute atomic E-state index is 0.0970. The van der Waals surface area contributed by atoms with Gasteiger partial charge >= 0.3 is 0 Å². The fourth-order valence-electron chi connectivity index (χ4n) is 2.04. The van der Waals surface area contributed by atoms with E-state index in [9.17, 15) is 0 Å². The topological polar surface area (TPSA) is 43.0 Å². The molecular weight excluding hydrogens is 250 g/mol. The van der Waals surface area contributed by atoms with Gasteiger partial charge in [0.25, 0.3) is 0 Å². The van der Waals surface area contributed by atoms with Crippen molar-refractivity contribution in [3.63, 3.8) is 0 Å². The lowest BCUT2D eigenvalue weighted by Crippen LogP contribution is -2.34. The molecule has 1 N–H and O–H groups in total. The molecule has 0 aromatic carbocycles. The van der Waals surface area contributed by atoms with E-state index in [1.165, 1.54) is 11.3 Å². The molecule has 0 radical (unpaired) electrons. The van der Waals surface area contributed by atoms with Crippen LogP contribution < -0.4 is 5.32 Å². The Labute approximate surface area is 121 Å². The first-order valence-corrected chi connectivity index (χ1v) is 7.09. The zero-order valence-corrected chi connectivity index (χ0v) is 13.4. The maximum absolute atomic E-state index is 5.86. The van der Waals surface area contributed by atoms with Crippen LogP contribution in [0.25, 0.3) is 0 Å². The van der Waals surface area contributed by atoms with Crippen LogP contribution in [0.5, 0.6) is 0 Å². The van der Waals surface area contributed by atoms with Crippen molar-refractivity contribution < 1.29 is 4.42 Å². The summed E-state index contributed by atoms with van der Waals surface area (Å²) in [4.78, 5) is 0. The number of nitrogens with zero attached hydrogens (tertiary/aromatic N) is 2. The zero-order chi connectivity index (χ0) is 14.9. The first-order valence-electron chi connectivity index (χ1n) is 7.09. The molecule has 110 valence electrons. The number of furan rings is 1. The molecule has 4 heteroatoms. The van der Waals surface area contributed by atoms with E-state index in [0.29, 0.717) is 6.54 Å². The zero-order valence-electron chi connectivity index (χ0n) is 13.4. The summed E-state index contributed by atoms with van der Waals surface area (Å²) in [5.74, 6) is 1.91. The third-order valence-corrected chi connectivity index (χ3v) is 3.56. The van der Waals surface area contributed by atoms with Crippen LogP contribution in [0.3, 0.4) is 0 Å². The van der Waals surface area contributed by atoms with E-state index >= 15 is 0 Å². The van der Waals surface area contributed by atoms with E-state index < -0.39 is 0 Å². The van der Waals surface area contributed by atoms with Gasteiger partial charge in [-0.05, 0) is 59.2 Å². The Kier molecular flexibility index (Phi) is 4.04. The largest absolute Gasteiger partial charge is 0.463 e. The number of hydrogen-bond acceptors (Lipinski definition) is 3. The van der Waals surface area contributed by atoms with Crippen molar-refractivity contribution in [2.45, 2.75) is 60.2 Å². The quantitative estimate of drug-likeness (QED) is 0.930. The second-order valence-electron chi connectivity index (χ2n) is 6.43. The lowest BCUT2D eigenvalue weighted by atomic mass is 10.1. The summed E-state index contributed by atoms with van der Waals surface area (Å²) in [6.45, 7) is 14.1. The van der Waals surface area contributed by atoms with Gasteiger partial charge in [0.05, 0.1) is 18.8 Å². The molecule has 0 spiro atoms. The third kappa shape index (κ3) is 3.51. The highest BCUT2D eigenvalue weighted by molar-refractivity contribution is 5.23. The fraction of sp³-hybridized carbons (Fsp3) is 0.562. The Bertz CT molecular complexity index is 587. The first kappa shape index (κ1) is 14.9. The number of aryl methyl sites for hydroxylation is 1. The SMILES string of the molecule is Cc1nn(Cc2ccc(CNC(C)(C)C)o2)c(C)c1C. The highest BCUT2D eigenvalue weighted by atomic mass is 16.3. The molecule has 0 aliphatic carbocycles. The molecule has 0 atom stereocenters. The molecule has 0 unspecified atom stereocenters. The molecule has 20 heavy (non-hydrogen) atoms. The predicted octanol–water partition coefficient (Wildman–Crippen LogP) is 3.34. The average molecular weight is 275 g/mol. The van der Waals surface area contributed by atoms with Gasteiger partial charge in [-0.15, -0.1) is 0 Å². The number of rotatable bonds is 4. The Morgan fingerprint density at radius 3 is 2.35 bits per heavy atom. The molecule has 0 amide bonds. The minimum atomic E-state index is 0.0970. The van der Waals surface area contributed by atoms with Gasteiger partial charge in [-0.25, -0.2) is 0 Å². The molecule has 0 bridgehead atoms. The fourth-order valence-corrected chi connectivity index (χ4v) is 2.04. The summed E-state index contributed by atoms with van der Waals surface area (Å²) in [5.41, 5.74) is 3.64. The van der Waals surface area contributed by atoms with Gasteiger partial charge in [-0.1, -0.05) is 0 Å². The number of aromatic nitrogens is 2. The summed E-state index contributed by atoms with van der Waals surface area (Å²) < 4.78 is 7.87.